The zero-order chi connectivity index (χ0) is 20.5. The number of aryl methyl sites for hydroxylation is 2. The largest absolute Gasteiger partial charge is 0.496 e. The average molecular weight is 427 g/mol. The Bertz CT molecular complexity index is 1140. The van der Waals surface area contributed by atoms with Crippen molar-refractivity contribution in [1.82, 2.24) is 20.4 Å². The fourth-order valence-corrected chi connectivity index (χ4v) is 5.09. The van der Waals surface area contributed by atoms with Crippen molar-refractivity contribution >= 4 is 23.1 Å². The summed E-state index contributed by atoms with van der Waals surface area (Å²) in [5.41, 5.74) is 9.94. The molecule has 0 spiro atoms. The van der Waals surface area contributed by atoms with Crippen LogP contribution in [0.1, 0.15) is 33.3 Å². The van der Waals surface area contributed by atoms with E-state index < -0.39 is 0 Å². The van der Waals surface area contributed by atoms with Gasteiger partial charge in [-0.05, 0) is 25.5 Å². The molecule has 0 radical (unpaired) electrons. The van der Waals surface area contributed by atoms with E-state index in [1.54, 1.807) is 30.2 Å². The first-order valence-corrected chi connectivity index (χ1v) is 10.5. The fourth-order valence-electron chi connectivity index (χ4n) is 3.30. The molecule has 1 aromatic carbocycles. The number of nitrogens with zero attached hydrogens (tertiary/aromatic N) is 4. The van der Waals surface area contributed by atoms with E-state index >= 15 is 0 Å². The van der Waals surface area contributed by atoms with Gasteiger partial charge in [-0.2, -0.15) is 5.26 Å². The summed E-state index contributed by atoms with van der Waals surface area (Å²) in [5.74, 6) is 1.55. The van der Waals surface area contributed by atoms with E-state index in [0.717, 1.165) is 37.5 Å². The first-order chi connectivity index (χ1) is 14.0. The Kier molecular flexibility index (Phi) is 5.17. The lowest BCUT2D eigenvalue weighted by Gasteiger charge is -2.24. The number of ether oxygens (including phenoxy) is 2. The standard InChI is InChI=1S/C19H18N6O2S2/c1-9-15-16(13(7-20)17(21)27-18(15)24-22-9)11-4-5-14(26-3)12(6-11)8-28-19-25-23-10(2)29-19/h4-6,16H,8,21H2,1-3H3,(H,22,24)/t16-/m1/s1. The molecular formula is C19H18N6O2S2. The van der Waals surface area contributed by atoms with Gasteiger partial charge < -0.3 is 15.2 Å². The number of thioether (sulfide) groups is 1. The number of allylic oxidation sites excluding steroid dienone is 1. The minimum Gasteiger partial charge on any atom is -0.496 e. The Morgan fingerprint density at radius 3 is 2.90 bits per heavy atom. The van der Waals surface area contributed by atoms with Crippen molar-refractivity contribution < 1.29 is 9.47 Å². The number of nitriles is 1. The molecule has 0 unspecified atom stereocenters. The van der Waals surface area contributed by atoms with Crippen molar-refractivity contribution in [2.24, 2.45) is 5.73 Å². The zero-order valence-electron chi connectivity index (χ0n) is 16.0. The van der Waals surface area contributed by atoms with Crippen LogP contribution in [0.25, 0.3) is 0 Å². The van der Waals surface area contributed by atoms with E-state index in [0.29, 0.717) is 17.2 Å². The summed E-state index contributed by atoms with van der Waals surface area (Å²) in [7, 11) is 1.64. The van der Waals surface area contributed by atoms with Crippen molar-refractivity contribution in [3.05, 3.63) is 57.0 Å². The smallest absolute Gasteiger partial charge is 0.244 e. The van der Waals surface area contributed by atoms with E-state index in [4.69, 9.17) is 15.2 Å². The summed E-state index contributed by atoms with van der Waals surface area (Å²) in [4.78, 5) is 0. The molecule has 0 saturated heterocycles. The van der Waals surface area contributed by atoms with Crippen LogP contribution >= 0.6 is 23.1 Å². The van der Waals surface area contributed by atoms with Crippen LogP contribution in [0.4, 0.5) is 0 Å². The number of nitrogens with one attached hydrogen (secondary N) is 1. The number of nitrogens with two attached hydrogens (primary N) is 1. The van der Waals surface area contributed by atoms with E-state index in [1.165, 1.54) is 0 Å². The molecule has 0 amide bonds. The lowest BCUT2D eigenvalue weighted by Crippen LogP contribution is -2.21. The highest BCUT2D eigenvalue weighted by Crippen LogP contribution is 2.43. The minimum atomic E-state index is -0.360. The van der Waals surface area contributed by atoms with Crippen LogP contribution in [0.2, 0.25) is 0 Å². The number of hydrogen-bond donors (Lipinski definition) is 2. The predicted octanol–water partition coefficient (Wildman–Crippen LogP) is 3.40. The first kappa shape index (κ1) is 19.3. The summed E-state index contributed by atoms with van der Waals surface area (Å²) in [6, 6.07) is 8.09. The molecule has 1 atom stereocenters. The van der Waals surface area contributed by atoms with Gasteiger partial charge in [0.25, 0.3) is 0 Å². The third kappa shape index (κ3) is 3.54. The second-order valence-electron chi connectivity index (χ2n) is 6.44. The summed E-state index contributed by atoms with van der Waals surface area (Å²) >= 11 is 3.15. The zero-order valence-corrected chi connectivity index (χ0v) is 17.6. The predicted molar refractivity (Wildman–Crippen MR) is 110 cm³/mol. The number of aromatic amines is 1. The van der Waals surface area contributed by atoms with Crippen molar-refractivity contribution in [1.29, 1.82) is 5.26 Å². The topological polar surface area (TPSA) is 123 Å². The number of H-pyrrole nitrogens is 1. The second-order valence-corrected chi connectivity index (χ2v) is 8.84. The van der Waals surface area contributed by atoms with Gasteiger partial charge in [-0.25, -0.2) is 0 Å². The SMILES string of the molecule is COc1ccc([C@@H]2C(C#N)=C(N)Oc3n[nH]c(C)c32)cc1CSc1nnc(C)s1. The molecule has 0 bridgehead atoms. The minimum absolute atomic E-state index is 0.0765. The molecule has 1 aliphatic rings. The van der Waals surface area contributed by atoms with Crippen molar-refractivity contribution in [2.45, 2.75) is 29.9 Å². The van der Waals surface area contributed by atoms with E-state index in [9.17, 15) is 5.26 Å². The molecule has 0 aliphatic carbocycles. The lowest BCUT2D eigenvalue weighted by atomic mass is 9.83. The highest BCUT2D eigenvalue weighted by Gasteiger charge is 2.34. The Balaban J connectivity index is 1.74. The van der Waals surface area contributed by atoms with Crippen LogP contribution in [-0.4, -0.2) is 27.5 Å². The van der Waals surface area contributed by atoms with Gasteiger partial charge in [-0.1, -0.05) is 35.2 Å². The Morgan fingerprint density at radius 1 is 1.38 bits per heavy atom. The molecule has 8 nitrogen and oxygen atoms in total. The Hall–Kier alpha value is -3.03. The van der Waals surface area contributed by atoms with Gasteiger partial charge in [0, 0.05) is 22.6 Å². The van der Waals surface area contributed by atoms with Gasteiger partial charge >= 0.3 is 0 Å². The molecule has 148 valence electrons. The van der Waals surface area contributed by atoms with E-state index in [1.807, 2.05) is 32.0 Å². The number of fused-ring (bicyclic) bond motifs is 1. The van der Waals surface area contributed by atoms with Crippen molar-refractivity contribution in [3.8, 4) is 17.7 Å². The number of aromatic nitrogens is 4. The fraction of sp³-hybridized carbons (Fsp3) is 0.263. The van der Waals surface area contributed by atoms with Gasteiger partial charge in [0.2, 0.25) is 11.8 Å². The van der Waals surface area contributed by atoms with Crippen LogP contribution in [0.5, 0.6) is 11.6 Å². The number of rotatable bonds is 5. The number of hydrogen-bond acceptors (Lipinski definition) is 9. The molecule has 2 aromatic heterocycles. The first-order valence-electron chi connectivity index (χ1n) is 8.74. The summed E-state index contributed by atoms with van der Waals surface area (Å²) in [5, 5.41) is 26.0. The van der Waals surface area contributed by atoms with Gasteiger partial charge in [0.05, 0.1) is 13.0 Å². The summed E-state index contributed by atoms with van der Waals surface area (Å²) < 4.78 is 12.0. The maximum absolute atomic E-state index is 9.73. The molecule has 4 rings (SSSR count). The van der Waals surface area contributed by atoms with Crippen LogP contribution in [-0.2, 0) is 5.75 Å². The molecule has 10 heteroatoms. The third-order valence-corrected chi connectivity index (χ3v) is 6.65. The van der Waals surface area contributed by atoms with Crippen LogP contribution < -0.4 is 15.2 Å². The Morgan fingerprint density at radius 2 is 2.21 bits per heavy atom. The van der Waals surface area contributed by atoms with Gasteiger partial charge in [0.15, 0.2) is 4.34 Å². The molecule has 0 fully saturated rings. The second kappa shape index (κ2) is 7.77. The van der Waals surface area contributed by atoms with E-state index in [-0.39, 0.29) is 11.8 Å². The quantitative estimate of drug-likeness (QED) is 0.595. The molecular weight excluding hydrogens is 408 g/mol. The maximum Gasteiger partial charge on any atom is 0.244 e. The van der Waals surface area contributed by atoms with Gasteiger partial charge in [0.1, 0.15) is 22.4 Å². The lowest BCUT2D eigenvalue weighted by molar-refractivity contribution is 0.378. The molecule has 0 saturated carbocycles. The van der Waals surface area contributed by atoms with Crippen LogP contribution in [0.3, 0.4) is 0 Å². The normalized spacial score (nSPS) is 15.6. The number of methoxy groups -OCH3 is 1. The third-order valence-electron chi connectivity index (χ3n) is 4.63. The molecule has 1 aliphatic heterocycles. The van der Waals surface area contributed by atoms with Crippen molar-refractivity contribution in [3.63, 3.8) is 0 Å². The molecule has 29 heavy (non-hydrogen) atoms. The highest BCUT2D eigenvalue weighted by atomic mass is 32.2. The summed E-state index contributed by atoms with van der Waals surface area (Å²) in [6.07, 6.45) is 0. The molecule has 3 N–H and O–H groups in total. The van der Waals surface area contributed by atoms with Gasteiger partial charge in [-0.3, -0.25) is 5.10 Å². The van der Waals surface area contributed by atoms with Crippen LogP contribution in [0.15, 0.2) is 34.0 Å². The molecule has 3 aromatic rings. The monoisotopic (exact) mass is 426 g/mol. The van der Waals surface area contributed by atoms with E-state index in [2.05, 4.69) is 26.5 Å². The molecule has 3 heterocycles. The Labute approximate surface area is 175 Å². The maximum atomic E-state index is 9.73. The van der Waals surface area contributed by atoms with Gasteiger partial charge in [-0.15, -0.1) is 15.3 Å². The summed E-state index contributed by atoms with van der Waals surface area (Å²) in [6.45, 7) is 3.83. The highest BCUT2D eigenvalue weighted by molar-refractivity contribution is 8.00. The van der Waals surface area contributed by atoms with Crippen LogP contribution in [0, 0.1) is 25.2 Å². The average Bonchev–Trinajstić information content (AvgIpc) is 3.30. The van der Waals surface area contributed by atoms with Crippen molar-refractivity contribution in [2.75, 3.05) is 7.11 Å². The number of benzene rings is 1.